The van der Waals surface area contributed by atoms with Crippen LogP contribution in [0.1, 0.15) is 62.3 Å². The first kappa shape index (κ1) is 25.3. The third-order valence-electron chi connectivity index (χ3n) is 5.95. The first-order valence-electron chi connectivity index (χ1n) is 11.6. The summed E-state index contributed by atoms with van der Waals surface area (Å²) in [5, 5.41) is 20.4. The van der Waals surface area contributed by atoms with Gasteiger partial charge in [-0.15, -0.1) is 0 Å². The number of ether oxygens (including phenoxy) is 2. The number of aliphatic hydroxyl groups excluding tert-OH is 2. The summed E-state index contributed by atoms with van der Waals surface area (Å²) in [4.78, 5) is 27.7. The Morgan fingerprint density at radius 2 is 1.91 bits per heavy atom. The van der Waals surface area contributed by atoms with E-state index in [0.717, 1.165) is 18.4 Å². The summed E-state index contributed by atoms with van der Waals surface area (Å²) in [6.07, 6.45) is 1.58. The van der Waals surface area contributed by atoms with Crippen molar-refractivity contribution in [2.24, 2.45) is 0 Å². The van der Waals surface area contributed by atoms with Gasteiger partial charge in [0.25, 0.3) is 11.7 Å². The predicted molar refractivity (Wildman–Crippen MR) is 130 cm³/mol. The van der Waals surface area contributed by atoms with E-state index >= 15 is 0 Å². The normalized spacial score (nSPS) is 17.5. The summed E-state index contributed by atoms with van der Waals surface area (Å²) in [5.74, 6) is -0.208. The summed E-state index contributed by atoms with van der Waals surface area (Å²) < 4.78 is 11.0. The molecule has 1 unspecified atom stereocenters. The van der Waals surface area contributed by atoms with Crippen molar-refractivity contribution >= 4 is 17.4 Å². The van der Waals surface area contributed by atoms with E-state index in [0.29, 0.717) is 29.2 Å². The highest BCUT2D eigenvalue weighted by Crippen LogP contribution is 2.41. The molecule has 0 aliphatic carbocycles. The molecule has 7 nitrogen and oxygen atoms in total. The van der Waals surface area contributed by atoms with E-state index in [1.54, 1.807) is 43.5 Å². The Balaban J connectivity index is 2.16. The largest absolute Gasteiger partial charge is 0.507 e. The van der Waals surface area contributed by atoms with Crippen molar-refractivity contribution in [3.63, 3.8) is 0 Å². The monoisotopic (exact) mass is 467 g/mol. The minimum Gasteiger partial charge on any atom is -0.507 e. The number of methoxy groups -OCH3 is 1. The lowest BCUT2D eigenvalue weighted by molar-refractivity contribution is -0.139. The van der Waals surface area contributed by atoms with E-state index in [1.807, 2.05) is 26.8 Å². The first-order valence-corrected chi connectivity index (χ1v) is 11.6. The van der Waals surface area contributed by atoms with Crippen LogP contribution >= 0.6 is 0 Å². The number of hydrogen-bond acceptors (Lipinski definition) is 6. The molecule has 0 saturated carbocycles. The molecule has 1 atom stereocenters. The highest BCUT2D eigenvalue weighted by atomic mass is 16.5. The maximum absolute atomic E-state index is 13.2. The molecule has 1 fully saturated rings. The Morgan fingerprint density at radius 1 is 1.15 bits per heavy atom. The molecule has 1 saturated heterocycles. The van der Waals surface area contributed by atoms with Gasteiger partial charge in [0.1, 0.15) is 23.9 Å². The van der Waals surface area contributed by atoms with E-state index in [2.05, 4.69) is 0 Å². The van der Waals surface area contributed by atoms with Crippen LogP contribution in [0.15, 0.2) is 48.0 Å². The molecule has 2 N–H and O–H groups in total. The summed E-state index contributed by atoms with van der Waals surface area (Å²) in [5.41, 5.74) is 2.06. The van der Waals surface area contributed by atoms with E-state index in [9.17, 15) is 14.7 Å². The van der Waals surface area contributed by atoms with Crippen molar-refractivity contribution in [3.05, 3.63) is 64.7 Å². The lowest BCUT2D eigenvalue weighted by Gasteiger charge is -2.25. The van der Waals surface area contributed by atoms with Gasteiger partial charge in [-0.25, -0.2) is 0 Å². The minimum absolute atomic E-state index is 0.0558. The summed E-state index contributed by atoms with van der Waals surface area (Å²) in [7, 11) is 1.59. The fourth-order valence-corrected chi connectivity index (χ4v) is 4.21. The van der Waals surface area contributed by atoms with Gasteiger partial charge in [-0.1, -0.05) is 39.3 Å². The van der Waals surface area contributed by atoms with Crippen molar-refractivity contribution < 1.29 is 29.3 Å². The van der Waals surface area contributed by atoms with Gasteiger partial charge in [-0.3, -0.25) is 9.59 Å². The zero-order chi connectivity index (χ0) is 24.8. The molecule has 1 amide bonds. The van der Waals surface area contributed by atoms with Crippen LogP contribution in [-0.4, -0.2) is 53.7 Å². The van der Waals surface area contributed by atoms with Crippen LogP contribution in [-0.2, 0) is 9.59 Å². The summed E-state index contributed by atoms with van der Waals surface area (Å²) in [6.45, 7) is 6.44. The number of ketones is 1. The van der Waals surface area contributed by atoms with Crippen molar-refractivity contribution in [1.82, 2.24) is 4.90 Å². The van der Waals surface area contributed by atoms with Crippen LogP contribution in [0.5, 0.6) is 11.5 Å². The second kappa shape index (κ2) is 11.2. The van der Waals surface area contributed by atoms with Gasteiger partial charge in [0.05, 0.1) is 25.3 Å². The molecule has 1 aliphatic heterocycles. The van der Waals surface area contributed by atoms with Crippen LogP contribution in [0.3, 0.4) is 0 Å². The summed E-state index contributed by atoms with van der Waals surface area (Å²) >= 11 is 0. The molecule has 1 aliphatic rings. The maximum atomic E-state index is 13.2. The van der Waals surface area contributed by atoms with E-state index in [4.69, 9.17) is 14.6 Å². The molecule has 0 radical (unpaired) electrons. The van der Waals surface area contributed by atoms with Gasteiger partial charge < -0.3 is 24.6 Å². The molecule has 0 aromatic heterocycles. The highest BCUT2D eigenvalue weighted by Gasteiger charge is 2.45. The zero-order valence-electron chi connectivity index (χ0n) is 20.2. The highest BCUT2D eigenvalue weighted by molar-refractivity contribution is 6.46. The minimum atomic E-state index is -0.742. The Labute approximate surface area is 200 Å². The second-order valence-electron chi connectivity index (χ2n) is 8.60. The van der Waals surface area contributed by atoms with Crippen molar-refractivity contribution in [3.8, 4) is 11.5 Å². The Bertz CT molecular complexity index is 1070. The number of benzene rings is 2. The average molecular weight is 468 g/mol. The van der Waals surface area contributed by atoms with Crippen molar-refractivity contribution in [2.75, 3.05) is 26.9 Å². The molecule has 7 heteroatoms. The van der Waals surface area contributed by atoms with Crippen LogP contribution in [0.4, 0.5) is 0 Å². The third-order valence-corrected chi connectivity index (χ3v) is 5.95. The van der Waals surface area contributed by atoms with Gasteiger partial charge in [-0.05, 0) is 53.8 Å². The van der Waals surface area contributed by atoms with E-state index in [1.165, 1.54) is 4.90 Å². The van der Waals surface area contributed by atoms with Crippen LogP contribution < -0.4 is 9.47 Å². The van der Waals surface area contributed by atoms with Gasteiger partial charge in [0.2, 0.25) is 0 Å². The van der Waals surface area contributed by atoms with Crippen molar-refractivity contribution in [2.45, 2.75) is 45.6 Å². The first-order chi connectivity index (χ1) is 16.3. The average Bonchev–Trinajstić information content (AvgIpc) is 3.10. The number of nitrogens with zero attached hydrogens (tertiary/aromatic N) is 1. The maximum Gasteiger partial charge on any atom is 0.295 e. The quantitative estimate of drug-likeness (QED) is 0.305. The molecular weight excluding hydrogens is 434 g/mol. The lowest BCUT2D eigenvalue weighted by atomic mass is 9.93. The Hall–Kier alpha value is -3.32. The molecule has 0 bridgehead atoms. The lowest BCUT2D eigenvalue weighted by Crippen LogP contribution is -2.30. The predicted octanol–water partition coefficient (Wildman–Crippen LogP) is 4.41. The number of carbonyl (C=O) groups excluding carboxylic acids is 2. The molecular formula is C27H33NO6. The SMILES string of the molecule is CCCCN1C(=O)C(=O)/C(=C(/O)c2ccc(OC)c(C(C)C)c2)C1c1cccc(OCCO)c1. The number of hydrogen-bond donors (Lipinski definition) is 2. The second-order valence-corrected chi connectivity index (χ2v) is 8.60. The van der Waals surface area contributed by atoms with Crippen LogP contribution in [0.2, 0.25) is 0 Å². The standard InChI is InChI=1S/C27H33NO6/c1-5-6-12-28-24(18-8-7-9-20(15-18)34-14-13-29)23(26(31)27(28)32)25(30)19-10-11-22(33-4)21(16-19)17(2)3/h7-11,15-17,24,29-30H,5-6,12-14H2,1-4H3/b25-23+. The number of aliphatic hydroxyl groups is 2. The van der Waals surface area contributed by atoms with Crippen LogP contribution in [0.25, 0.3) is 5.76 Å². The Morgan fingerprint density at radius 3 is 2.56 bits per heavy atom. The van der Waals surface area contributed by atoms with E-state index in [-0.39, 0.29) is 30.5 Å². The topological polar surface area (TPSA) is 96.3 Å². The smallest absolute Gasteiger partial charge is 0.295 e. The van der Waals surface area contributed by atoms with E-state index < -0.39 is 17.7 Å². The number of amides is 1. The molecule has 2 aromatic carbocycles. The molecule has 182 valence electrons. The zero-order valence-corrected chi connectivity index (χ0v) is 20.2. The van der Waals surface area contributed by atoms with Gasteiger partial charge >= 0.3 is 0 Å². The molecule has 3 rings (SSSR count). The van der Waals surface area contributed by atoms with Crippen molar-refractivity contribution in [1.29, 1.82) is 0 Å². The van der Waals surface area contributed by atoms with Crippen LogP contribution in [0, 0.1) is 0 Å². The Kier molecular flexibility index (Phi) is 8.34. The number of rotatable bonds is 10. The molecule has 1 heterocycles. The number of Topliss-reactive ketones (excluding diaryl/α,β-unsaturated/α-hetero) is 1. The van der Waals surface area contributed by atoms with Gasteiger partial charge in [-0.2, -0.15) is 0 Å². The molecule has 0 spiro atoms. The molecule has 2 aromatic rings. The third kappa shape index (κ3) is 5.09. The number of carbonyl (C=O) groups is 2. The summed E-state index contributed by atoms with van der Waals surface area (Å²) in [6, 6.07) is 11.6. The number of likely N-dealkylation sites (tertiary alicyclic amines) is 1. The van der Waals surface area contributed by atoms with Gasteiger partial charge in [0.15, 0.2) is 0 Å². The number of unbranched alkanes of at least 4 members (excludes halogenated alkanes) is 1. The molecule has 34 heavy (non-hydrogen) atoms. The van der Waals surface area contributed by atoms with Gasteiger partial charge in [0, 0.05) is 12.1 Å². The fourth-order valence-electron chi connectivity index (χ4n) is 4.21. The fraction of sp³-hybridized carbons (Fsp3) is 0.407.